The molecule has 10 heteroatoms. The van der Waals surface area contributed by atoms with Gasteiger partial charge in [0.15, 0.2) is 5.96 Å². The Balaban J connectivity index is 0.00000338. The van der Waals surface area contributed by atoms with Crippen LogP contribution in [0.5, 0.6) is 0 Å². The number of rotatable bonds is 6. The number of carbonyl (C=O) groups is 1. The summed E-state index contributed by atoms with van der Waals surface area (Å²) in [6, 6.07) is 0. The zero-order chi connectivity index (χ0) is 18.3. The van der Waals surface area contributed by atoms with Gasteiger partial charge in [0.2, 0.25) is 15.9 Å². The Morgan fingerprint density at radius 3 is 2.27 bits per heavy atom. The van der Waals surface area contributed by atoms with E-state index < -0.39 is 10.0 Å². The number of likely N-dealkylation sites (tertiary alicyclic amines) is 1. The number of hydrogen-bond donors (Lipinski definition) is 2. The van der Waals surface area contributed by atoms with Gasteiger partial charge in [-0.3, -0.25) is 4.79 Å². The standard InChI is InChI=1S/C16H31N5O3S.HI/c1-3-17-16(19-13-15(22)20-8-4-5-9-20)18-12-14-6-10-21(11-7-14)25(2,23)24;/h14H,3-13H2,1-2H3,(H2,17,18,19);1H. The van der Waals surface area contributed by atoms with E-state index >= 15 is 0 Å². The topological polar surface area (TPSA) is 94.1 Å². The van der Waals surface area contributed by atoms with Crippen molar-refractivity contribution in [3.05, 3.63) is 0 Å². The van der Waals surface area contributed by atoms with Crippen molar-refractivity contribution in [1.82, 2.24) is 19.8 Å². The first-order valence-electron chi connectivity index (χ1n) is 9.15. The molecule has 2 saturated heterocycles. The summed E-state index contributed by atoms with van der Waals surface area (Å²) in [6.45, 7) is 6.47. The van der Waals surface area contributed by atoms with Gasteiger partial charge in [0, 0.05) is 39.3 Å². The zero-order valence-corrected chi connectivity index (χ0v) is 18.9. The van der Waals surface area contributed by atoms with E-state index in [1.165, 1.54) is 10.6 Å². The minimum absolute atomic E-state index is 0. The van der Waals surface area contributed by atoms with Gasteiger partial charge in [-0.1, -0.05) is 0 Å². The number of sulfonamides is 1. The SMILES string of the molecule is CCNC(=NCC(=O)N1CCCC1)NCC1CCN(S(C)(=O)=O)CC1.I. The molecule has 2 aliphatic heterocycles. The lowest BCUT2D eigenvalue weighted by Gasteiger charge is -2.30. The first-order chi connectivity index (χ1) is 11.9. The number of carbonyl (C=O) groups excluding carboxylic acids is 1. The fourth-order valence-corrected chi connectivity index (χ4v) is 4.12. The summed E-state index contributed by atoms with van der Waals surface area (Å²) in [7, 11) is -3.08. The molecule has 0 bridgehead atoms. The maximum absolute atomic E-state index is 12.1. The van der Waals surface area contributed by atoms with E-state index in [9.17, 15) is 13.2 Å². The maximum Gasteiger partial charge on any atom is 0.244 e. The van der Waals surface area contributed by atoms with Gasteiger partial charge in [-0.15, -0.1) is 24.0 Å². The van der Waals surface area contributed by atoms with Crippen LogP contribution in [-0.4, -0.2) is 81.6 Å². The average molecular weight is 501 g/mol. The van der Waals surface area contributed by atoms with Crippen LogP contribution < -0.4 is 10.6 Å². The average Bonchev–Trinajstić information content (AvgIpc) is 3.11. The number of halogens is 1. The van der Waals surface area contributed by atoms with E-state index in [-0.39, 0.29) is 36.4 Å². The molecule has 1 amide bonds. The molecule has 0 radical (unpaired) electrons. The van der Waals surface area contributed by atoms with Crippen LogP contribution in [0.1, 0.15) is 32.6 Å². The second-order valence-corrected chi connectivity index (χ2v) is 8.75. The normalized spacial score (nSPS) is 19.9. The van der Waals surface area contributed by atoms with Crippen molar-refractivity contribution in [2.45, 2.75) is 32.6 Å². The zero-order valence-electron chi connectivity index (χ0n) is 15.7. The van der Waals surface area contributed by atoms with Gasteiger partial charge in [0.05, 0.1) is 6.26 Å². The lowest BCUT2D eigenvalue weighted by molar-refractivity contribution is -0.128. The summed E-state index contributed by atoms with van der Waals surface area (Å²) in [6.07, 6.45) is 5.11. The summed E-state index contributed by atoms with van der Waals surface area (Å²) >= 11 is 0. The van der Waals surface area contributed by atoms with Crippen LogP contribution in [0.15, 0.2) is 4.99 Å². The number of nitrogens with zero attached hydrogens (tertiary/aromatic N) is 3. The highest BCUT2D eigenvalue weighted by Crippen LogP contribution is 2.18. The van der Waals surface area contributed by atoms with Crippen molar-refractivity contribution in [2.24, 2.45) is 10.9 Å². The lowest BCUT2D eigenvalue weighted by Crippen LogP contribution is -2.44. The Morgan fingerprint density at radius 1 is 1.12 bits per heavy atom. The molecule has 0 unspecified atom stereocenters. The Hall–Kier alpha value is -0.620. The van der Waals surface area contributed by atoms with E-state index in [0.717, 1.165) is 51.9 Å². The highest BCUT2D eigenvalue weighted by atomic mass is 127. The van der Waals surface area contributed by atoms with Gasteiger partial charge >= 0.3 is 0 Å². The molecule has 0 saturated carbocycles. The molecule has 26 heavy (non-hydrogen) atoms. The lowest BCUT2D eigenvalue weighted by atomic mass is 9.98. The molecule has 2 fully saturated rings. The predicted molar refractivity (Wildman–Crippen MR) is 114 cm³/mol. The summed E-state index contributed by atoms with van der Waals surface area (Å²) in [5, 5.41) is 6.45. The molecule has 8 nitrogen and oxygen atoms in total. The minimum atomic E-state index is -3.08. The summed E-state index contributed by atoms with van der Waals surface area (Å²) in [5.74, 6) is 1.15. The number of amides is 1. The van der Waals surface area contributed by atoms with Crippen molar-refractivity contribution in [3.8, 4) is 0 Å². The van der Waals surface area contributed by atoms with Crippen LogP contribution in [0.3, 0.4) is 0 Å². The molecule has 2 heterocycles. The fourth-order valence-electron chi connectivity index (χ4n) is 3.24. The minimum Gasteiger partial charge on any atom is -0.357 e. The molecule has 0 aromatic rings. The molecule has 2 N–H and O–H groups in total. The van der Waals surface area contributed by atoms with Crippen molar-refractivity contribution < 1.29 is 13.2 Å². The smallest absolute Gasteiger partial charge is 0.244 e. The van der Waals surface area contributed by atoms with Gasteiger partial charge in [0.25, 0.3) is 0 Å². The number of nitrogens with one attached hydrogen (secondary N) is 2. The molecular weight excluding hydrogens is 469 g/mol. The molecule has 152 valence electrons. The Morgan fingerprint density at radius 2 is 1.73 bits per heavy atom. The van der Waals surface area contributed by atoms with E-state index in [2.05, 4.69) is 15.6 Å². The molecule has 0 atom stereocenters. The van der Waals surface area contributed by atoms with E-state index in [1.807, 2.05) is 11.8 Å². The Labute approximate surface area is 174 Å². The van der Waals surface area contributed by atoms with Crippen LogP contribution in [0.2, 0.25) is 0 Å². The third-order valence-corrected chi connectivity index (χ3v) is 6.08. The monoisotopic (exact) mass is 501 g/mol. The van der Waals surface area contributed by atoms with Gasteiger partial charge < -0.3 is 15.5 Å². The molecule has 0 aliphatic carbocycles. The van der Waals surface area contributed by atoms with Crippen LogP contribution >= 0.6 is 24.0 Å². The third-order valence-electron chi connectivity index (χ3n) is 4.78. The Kier molecular flexibility index (Phi) is 10.2. The summed E-state index contributed by atoms with van der Waals surface area (Å²) < 4.78 is 24.6. The quantitative estimate of drug-likeness (QED) is 0.313. The Bertz CT molecular complexity index is 570. The van der Waals surface area contributed by atoms with Crippen molar-refractivity contribution in [2.75, 3.05) is 52.1 Å². The predicted octanol–water partition coefficient (Wildman–Crippen LogP) is 0.454. The number of guanidine groups is 1. The van der Waals surface area contributed by atoms with Crippen LogP contribution in [0.25, 0.3) is 0 Å². The first kappa shape index (κ1) is 23.4. The van der Waals surface area contributed by atoms with Crippen LogP contribution in [0.4, 0.5) is 0 Å². The van der Waals surface area contributed by atoms with E-state index in [4.69, 9.17) is 0 Å². The molecular formula is C16H32IN5O3S. The van der Waals surface area contributed by atoms with E-state index in [1.54, 1.807) is 0 Å². The molecule has 2 aliphatic rings. The van der Waals surface area contributed by atoms with Crippen LogP contribution in [-0.2, 0) is 14.8 Å². The second kappa shape index (κ2) is 11.3. The molecule has 2 rings (SSSR count). The van der Waals surface area contributed by atoms with E-state index in [0.29, 0.717) is 25.0 Å². The van der Waals surface area contributed by atoms with Gasteiger partial charge in [-0.2, -0.15) is 0 Å². The highest BCUT2D eigenvalue weighted by molar-refractivity contribution is 14.0. The molecule has 0 aromatic carbocycles. The molecule has 0 spiro atoms. The van der Waals surface area contributed by atoms with Gasteiger partial charge in [0.1, 0.15) is 6.54 Å². The number of hydrogen-bond acceptors (Lipinski definition) is 4. The van der Waals surface area contributed by atoms with Gasteiger partial charge in [-0.05, 0) is 38.5 Å². The number of piperidine rings is 1. The highest BCUT2D eigenvalue weighted by Gasteiger charge is 2.25. The molecule has 0 aromatic heterocycles. The summed E-state index contributed by atoms with van der Waals surface area (Å²) in [5.41, 5.74) is 0. The third kappa shape index (κ3) is 7.55. The maximum atomic E-state index is 12.1. The largest absolute Gasteiger partial charge is 0.357 e. The van der Waals surface area contributed by atoms with Crippen LogP contribution in [0, 0.1) is 5.92 Å². The second-order valence-electron chi connectivity index (χ2n) is 6.77. The van der Waals surface area contributed by atoms with Crippen molar-refractivity contribution >= 4 is 45.9 Å². The van der Waals surface area contributed by atoms with Gasteiger partial charge in [-0.25, -0.2) is 17.7 Å². The first-order valence-corrected chi connectivity index (χ1v) is 11.0. The van der Waals surface area contributed by atoms with Crippen molar-refractivity contribution in [1.29, 1.82) is 0 Å². The van der Waals surface area contributed by atoms with Crippen molar-refractivity contribution in [3.63, 3.8) is 0 Å². The number of aliphatic imine (C=N–C) groups is 1. The summed E-state index contributed by atoms with van der Waals surface area (Å²) in [4.78, 5) is 18.4. The fraction of sp³-hybridized carbons (Fsp3) is 0.875.